The van der Waals surface area contributed by atoms with Crippen LogP contribution in [0.4, 0.5) is 10.1 Å². The fourth-order valence-electron chi connectivity index (χ4n) is 3.33. The minimum Gasteiger partial charge on any atom is -0.376 e. The highest BCUT2D eigenvalue weighted by Crippen LogP contribution is 2.26. The molecule has 23 heavy (non-hydrogen) atoms. The first-order valence-corrected chi connectivity index (χ1v) is 8.44. The van der Waals surface area contributed by atoms with Crippen LogP contribution in [0.1, 0.15) is 37.7 Å². The molecule has 2 saturated heterocycles. The normalized spacial score (nSPS) is 22.8. The maximum Gasteiger partial charge on any atom is 0.143 e. The van der Waals surface area contributed by atoms with Crippen molar-refractivity contribution < 1.29 is 13.9 Å². The fourth-order valence-corrected chi connectivity index (χ4v) is 3.33. The van der Waals surface area contributed by atoms with Crippen molar-refractivity contribution >= 4 is 5.69 Å². The number of hydrogen-bond acceptors (Lipinski definition) is 4. The molecule has 0 saturated carbocycles. The van der Waals surface area contributed by atoms with Crippen LogP contribution < -0.4 is 4.90 Å². The van der Waals surface area contributed by atoms with Gasteiger partial charge in [-0.1, -0.05) is 6.07 Å². The van der Waals surface area contributed by atoms with E-state index in [0.29, 0.717) is 12.3 Å². The Balaban J connectivity index is 1.50. The topological polar surface area (TPSA) is 45.5 Å². The van der Waals surface area contributed by atoms with E-state index < -0.39 is 5.82 Å². The smallest absolute Gasteiger partial charge is 0.143 e. The Morgan fingerprint density at radius 1 is 1.26 bits per heavy atom. The molecule has 1 atom stereocenters. The molecule has 0 unspecified atom stereocenters. The van der Waals surface area contributed by atoms with Gasteiger partial charge in [0.15, 0.2) is 0 Å². The summed E-state index contributed by atoms with van der Waals surface area (Å²) in [5.41, 5.74) is 0.837. The molecule has 0 spiro atoms. The van der Waals surface area contributed by atoms with Crippen molar-refractivity contribution in [1.29, 1.82) is 5.26 Å². The molecule has 5 heteroatoms. The Morgan fingerprint density at radius 2 is 2.09 bits per heavy atom. The number of nitriles is 1. The lowest BCUT2D eigenvalue weighted by Crippen LogP contribution is -2.38. The summed E-state index contributed by atoms with van der Waals surface area (Å²) in [4.78, 5) is 2.08. The quantitative estimate of drug-likeness (QED) is 0.855. The van der Waals surface area contributed by atoms with E-state index >= 15 is 0 Å². The van der Waals surface area contributed by atoms with Gasteiger partial charge in [0, 0.05) is 19.7 Å². The van der Waals surface area contributed by atoms with Gasteiger partial charge in [-0.2, -0.15) is 5.26 Å². The zero-order chi connectivity index (χ0) is 16.1. The summed E-state index contributed by atoms with van der Waals surface area (Å²) >= 11 is 0. The molecule has 1 aromatic rings. The van der Waals surface area contributed by atoms with E-state index in [1.807, 2.05) is 12.1 Å². The average Bonchev–Trinajstić information content (AvgIpc) is 2.61. The molecule has 0 radical (unpaired) electrons. The largest absolute Gasteiger partial charge is 0.376 e. The van der Waals surface area contributed by atoms with E-state index in [-0.39, 0.29) is 17.8 Å². The zero-order valence-corrected chi connectivity index (χ0v) is 13.3. The summed E-state index contributed by atoms with van der Waals surface area (Å²) in [6.07, 6.45) is 5.74. The summed E-state index contributed by atoms with van der Waals surface area (Å²) in [6, 6.07) is 6.79. The first kappa shape index (κ1) is 16.2. The molecular formula is C18H23FN2O2. The molecule has 2 aliphatic heterocycles. The van der Waals surface area contributed by atoms with Crippen LogP contribution in [0.3, 0.4) is 0 Å². The van der Waals surface area contributed by atoms with Crippen LogP contribution in [-0.2, 0) is 9.47 Å². The third-order valence-corrected chi connectivity index (χ3v) is 4.68. The van der Waals surface area contributed by atoms with Gasteiger partial charge in [0.1, 0.15) is 17.4 Å². The molecule has 0 N–H and O–H groups in total. The predicted octanol–water partition coefficient (Wildman–Crippen LogP) is 3.25. The summed E-state index contributed by atoms with van der Waals surface area (Å²) in [5.74, 6) is -0.446. The first-order valence-electron chi connectivity index (χ1n) is 8.44. The predicted molar refractivity (Wildman–Crippen MR) is 85.9 cm³/mol. The van der Waals surface area contributed by atoms with Crippen LogP contribution in [-0.4, -0.2) is 38.5 Å². The number of rotatable bonds is 4. The van der Waals surface area contributed by atoms with E-state index in [2.05, 4.69) is 4.90 Å². The zero-order valence-electron chi connectivity index (χ0n) is 13.3. The van der Waals surface area contributed by atoms with Gasteiger partial charge >= 0.3 is 0 Å². The van der Waals surface area contributed by atoms with Crippen LogP contribution in [0, 0.1) is 17.1 Å². The molecule has 3 rings (SSSR count). The molecule has 0 aliphatic carbocycles. The van der Waals surface area contributed by atoms with Crippen LogP contribution in [0.2, 0.25) is 0 Å². The number of piperidine rings is 1. The van der Waals surface area contributed by atoms with Gasteiger partial charge in [-0.05, 0) is 44.2 Å². The highest BCUT2D eigenvalue weighted by atomic mass is 19.1. The average molecular weight is 318 g/mol. The first-order chi connectivity index (χ1) is 11.3. The lowest BCUT2D eigenvalue weighted by Gasteiger charge is -2.34. The van der Waals surface area contributed by atoms with Crippen molar-refractivity contribution in [2.45, 2.75) is 44.3 Å². The van der Waals surface area contributed by atoms with Gasteiger partial charge in [-0.15, -0.1) is 0 Å². The molecule has 0 bridgehead atoms. The van der Waals surface area contributed by atoms with Crippen molar-refractivity contribution in [2.75, 3.05) is 31.2 Å². The SMILES string of the molecule is N#Cc1c(F)cccc1N1CCC(OC[C@H]2CCCCO2)CC1. The highest BCUT2D eigenvalue weighted by molar-refractivity contribution is 5.60. The van der Waals surface area contributed by atoms with Crippen LogP contribution in [0.25, 0.3) is 0 Å². The Labute approximate surface area is 136 Å². The van der Waals surface area contributed by atoms with Crippen LogP contribution in [0.15, 0.2) is 18.2 Å². The van der Waals surface area contributed by atoms with E-state index in [4.69, 9.17) is 14.7 Å². The van der Waals surface area contributed by atoms with Gasteiger partial charge in [0.05, 0.1) is 24.5 Å². The number of benzene rings is 1. The molecule has 0 amide bonds. The van der Waals surface area contributed by atoms with Crippen molar-refractivity contribution in [3.8, 4) is 6.07 Å². The molecule has 0 aromatic heterocycles. The number of halogens is 1. The third kappa shape index (κ3) is 4.01. The Hall–Kier alpha value is -1.64. The summed E-state index contributed by atoms with van der Waals surface area (Å²) < 4.78 is 25.4. The number of anilines is 1. The lowest BCUT2D eigenvalue weighted by molar-refractivity contribution is -0.0672. The van der Waals surface area contributed by atoms with E-state index in [1.165, 1.54) is 12.5 Å². The summed E-state index contributed by atoms with van der Waals surface area (Å²) in [6.45, 7) is 3.10. The maximum atomic E-state index is 13.7. The van der Waals surface area contributed by atoms with Gasteiger partial charge in [0.2, 0.25) is 0 Å². The standard InChI is InChI=1S/C18H23FN2O2/c19-17-5-3-6-18(16(17)12-20)21-9-7-14(8-10-21)23-13-15-4-1-2-11-22-15/h3,5-6,14-15H,1-2,4,7-11,13H2/t15-/m1/s1. The molecule has 124 valence electrons. The van der Waals surface area contributed by atoms with Crippen molar-refractivity contribution in [2.24, 2.45) is 0 Å². The minimum absolute atomic E-state index is 0.141. The minimum atomic E-state index is -0.446. The van der Waals surface area contributed by atoms with Crippen LogP contribution in [0.5, 0.6) is 0 Å². The Bertz CT molecular complexity index is 559. The molecule has 1 aromatic carbocycles. The fraction of sp³-hybridized carbons (Fsp3) is 0.611. The molecule has 2 aliphatic rings. The van der Waals surface area contributed by atoms with E-state index in [1.54, 1.807) is 6.07 Å². The second kappa shape index (κ2) is 7.76. The highest BCUT2D eigenvalue weighted by Gasteiger charge is 2.24. The lowest BCUT2D eigenvalue weighted by atomic mass is 10.0. The molecule has 4 nitrogen and oxygen atoms in total. The summed E-state index contributed by atoms with van der Waals surface area (Å²) in [7, 11) is 0. The molecular weight excluding hydrogens is 295 g/mol. The number of nitrogens with zero attached hydrogens (tertiary/aromatic N) is 2. The number of ether oxygens (including phenoxy) is 2. The van der Waals surface area contributed by atoms with Gasteiger partial charge in [-0.25, -0.2) is 4.39 Å². The van der Waals surface area contributed by atoms with Gasteiger partial charge in [-0.3, -0.25) is 0 Å². The Kier molecular flexibility index (Phi) is 5.47. The van der Waals surface area contributed by atoms with Crippen molar-refractivity contribution in [1.82, 2.24) is 0 Å². The van der Waals surface area contributed by atoms with E-state index in [9.17, 15) is 4.39 Å². The molecule has 2 fully saturated rings. The second-order valence-corrected chi connectivity index (χ2v) is 6.25. The monoisotopic (exact) mass is 318 g/mol. The summed E-state index contributed by atoms with van der Waals surface area (Å²) in [5, 5.41) is 9.16. The van der Waals surface area contributed by atoms with E-state index in [0.717, 1.165) is 45.4 Å². The van der Waals surface area contributed by atoms with Crippen LogP contribution >= 0.6 is 0 Å². The number of hydrogen-bond donors (Lipinski definition) is 0. The third-order valence-electron chi connectivity index (χ3n) is 4.68. The van der Waals surface area contributed by atoms with Gasteiger partial charge in [0.25, 0.3) is 0 Å². The molecule has 2 heterocycles. The second-order valence-electron chi connectivity index (χ2n) is 6.25. The van der Waals surface area contributed by atoms with Crippen molar-refractivity contribution in [3.63, 3.8) is 0 Å². The maximum absolute atomic E-state index is 13.7. The van der Waals surface area contributed by atoms with Gasteiger partial charge < -0.3 is 14.4 Å². The van der Waals surface area contributed by atoms with Crippen molar-refractivity contribution in [3.05, 3.63) is 29.6 Å². The Morgan fingerprint density at radius 3 is 2.78 bits per heavy atom.